The molecule has 1 aromatic rings. The maximum atomic E-state index is 10.9. The van der Waals surface area contributed by atoms with Gasteiger partial charge in [0, 0.05) is 0 Å². The number of carbonyl (C=O) groups is 1. The average molecular weight is 234 g/mol. The molecule has 3 atom stereocenters. The molecule has 0 radical (unpaired) electrons. The number of rotatable bonds is 3. The fraction of sp³-hybridized carbons (Fsp3) is 0.500. The Morgan fingerprint density at radius 3 is 2.65 bits per heavy atom. The minimum Gasteiger partial charge on any atom is -0.479 e. The van der Waals surface area contributed by atoms with Gasteiger partial charge in [0.25, 0.3) is 0 Å². The summed E-state index contributed by atoms with van der Waals surface area (Å²) in [7, 11) is 0. The van der Waals surface area contributed by atoms with Crippen molar-refractivity contribution < 1.29 is 15.0 Å². The predicted molar refractivity (Wildman–Crippen MR) is 64.8 cm³/mol. The zero-order chi connectivity index (χ0) is 12.4. The van der Waals surface area contributed by atoms with E-state index in [1.807, 2.05) is 12.1 Å². The molecule has 3 unspecified atom stereocenters. The van der Waals surface area contributed by atoms with Gasteiger partial charge in [-0.25, -0.2) is 4.79 Å². The summed E-state index contributed by atoms with van der Waals surface area (Å²) in [5.74, 6) is -0.222. The van der Waals surface area contributed by atoms with Crippen LogP contribution in [0.3, 0.4) is 0 Å². The van der Waals surface area contributed by atoms with Gasteiger partial charge in [0.15, 0.2) is 6.10 Å². The Hall–Kier alpha value is -1.35. The van der Waals surface area contributed by atoms with Gasteiger partial charge >= 0.3 is 5.97 Å². The van der Waals surface area contributed by atoms with E-state index in [2.05, 4.69) is 6.92 Å². The fourth-order valence-electron chi connectivity index (χ4n) is 2.84. The molecule has 17 heavy (non-hydrogen) atoms. The fourth-order valence-corrected chi connectivity index (χ4v) is 2.84. The number of aliphatic hydroxyl groups excluding tert-OH is 1. The molecule has 1 fully saturated rings. The third-order valence-corrected chi connectivity index (χ3v) is 3.79. The molecular weight excluding hydrogens is 216 g/mol. The Bertz CT molecular complexity index is 414. The van der Waals surface area contributed by atoms with Gasteiger partial charge < -0.3 is 10.2 Å². The molecule has 1 saturated carbocycles. The van der Waals surface area contributed by atoms with Gasteiger partial charge in [-0.05, 0) is 29.4 Å². The van der Waals surface area contributed by atoms with E-state index in [-0.39, 0.29) is 0 Å². The van der Waals surface area contributed by atoms with Gasteiger partial charge in [0.05, 0.1) is 0 Å². The molecule has 92 valence electrons. The van der Waals surface area contributed by atoms with Crippen LogP contribution in [0.1, 0.15) is 49.3 Å². The topological polar surface area (TPSA) is 57.5 Å². The molecule has 1 aliphatic carbocycles. The largest absolute Gasteiger partial charge is 0.479 e. The molecule has 3 nitrogen and oxygen atoms in total. The summed E-state index contributed by atoms with van der Waals surface area (Å²) in [5, 5.41) is 18.6. The number of aliphatic carboxylic acids is 1. The quantitative estimate of drug-likeness (QED) is 0.845. The number of aliphatic hydroxyl groups is 1. The normalized spacial score (nSPS) is 25.8. The van der Waals surface area contributed by atoms with E-state index in [4.69, 9.17) is 5.11 Å². The minimum atomic E-state index is -1.40. The monoisotopic (exact) mass is 234 g/mol. The minimum absolute atomic E-state index is 0.389. The van der Waals surface area contributed by atoms with Crippen LogP contribution >= 0.6 is 0 Å². The molecule has 2 rings (SSSR count). The van der Waals surface area contributed by atoms with Gasteiger partial charge in [-0.1, -0.05) is 44.0 Å². The van der Waals surface area contributed by atoms with E-state index in [0.29, 0.717) is 17.4 Å². The molecule has 0 bridgehead atoms. The number of carboxylic acid groups (broad SMARTS) is 1. The Morgan fingerprint density at radius 1 is 1.35 bits per heavy atom. The Kier molecular flexibility index (Phi) is 3.48. The van der Waals surface area contributed by atoms with E-state index in [9.17, 15) is 9.90 Å². The standard InChI is InChI=1S/C14H18O3/c1-9-5-4-8-10(9)11-6-2-3-7-12(11)13(15)14(16)17/h2-3,6-7,9-10,13,15H,4-5,8H2,1H3,(H,16,17). The highest BCUT2D eigenvalue weighted by Gasteiger charge is 2.29. The first-order chi connectivity index (χ1) is 8.11. The molecule has 1 aliphatic rings. The second kappa shape index (κ2) is 4.88. The summed E-state index contributed by atoms with van der Waals surface area (Å²) in [6.45, 7) is 2.20. The van der Waals surface area contributed by atoms with Crippen LogP contribution in [0.5, 0.6) is 0 Å². The first kappa shape index (κ1) is 12.1. The van der Waals surface area contributed by atoms with Crippen molar-refractivity contribution in [3.05, 3.63) is 35.4 Å². The van der Waals surface area contributed by atoms with Gasteiger partial charge in [0.2, 0.25) is 0 Å². The van der Waals surface area contributed by atoms with Crippen molar-refractivity contribution in [2.75, 3.05) is 0 Å². The average Bonchev–Trinajstić information content (AvgIpc) is 2.74. The van der Waals surface area contributed by atoms with E-state index in [1.54, 1.807) is 12.1 Å². The van der Waals surface area contributed by atoms with Crippen LogP contribution in [0.25, 0.3) is 0 Å². The highest BCUT2D eigenvalue weighted by molar-refractivity contribution is 5.74. The summed E-state index contributed by atoms with van der Waals surface area (Å²) >= 11 is 0. The van der Waals surface area contributed by atoms with E-state index in [1.165, 1.54) is 12.8 Å². The molecule has 0 aromatic heterocycles. The van der Waals surface area contributed by atoms with Gasteiger partial charge in [-0.3, -0.25) is 0 Å². The number of carboxylic acids is 1. The first-order valence-corrected chi connectivity index (χ1v) is 6.11. The summed E-state index contributed by atoms with van der Waals surface area (Å²) in [6.07, 6.45) is 2.05. The number of hydrogen-bond donors (Lipinski definition) is 2. The van der Waals surface area contributed by atoms with Gasteiger partial charge in [-0.15, -0.1) is 0 Å². The van der Waals surface area contributed by atoms with Crippen LogP contribution in [-0.2, 0) is 4.79 Å². The molecule has 0 aliphatic heterocycles. The molecule has 2 N–H and O–H groups in total. The van der Waals surface area contributed by atoms with Gasteiger partial charge in [-0.2, -0.15) is 0 Å². The molecular formula is C14H18O3. The van der Waals surface area contributed by atoms with Crippen molar-refractivity contribution in [3.63, 3.8) is 0 Å². The van der Waals surface area contributed by atoms with Crippen molar-refractivity contribution in [2.45, 2.75) is 38.2 Å². The smallest absolute Gasteiger partial charge is 0.337 e. The SMILES string of the molecule is CC1CCCC1c1ccccc1C(O)C(=O)O. The number of hydrogen-bond acceptors (Lipinski definition) is 2. The highest BCUT2D eigenvalue weighted by Crippen LogP contribution is 2.41. The van der Waals surface area contributed by atoms with Crippen molar-refractivity contribution in [2.24, 2.45) is 5.92 Å². The van der Waals surface area contributed by atoms with E-state index >= 15 is 0 Å². The molecule has 0 saturated heterocycles. The lowest BCUT2D eigenvalue weighted by Crippen LogP contribution is -2.15. The van der Waals surface area contributed by atoms with E-state index in [0.717, 1.165) is 12.0 Å². The van der Waals surface area contributed by atoms with Crippen LogP contribution in [0.4, 0.5) is 0 Å². The Balaban J connectivity index is 2.36. The van der Waals surface area contributed by atoms with Crippen molar-refractivity contribution in [1.82, 2.24) is 0 Å². The van der Waals surface area contributed by atoms with Crippen LogP contribution in [0, 0.1) is 5.92 Å². The van der Waals surface area contributed by atoms with E-state index < -0.39 is 12.1 Å². The van der Waals surface area contributed by atoms with Crippen molar-refractivity contribution in [1.29, 1.82) is 0 Å². The van der Waals surface area contributed by atoms with Crippen molar-refractivity contribution >= 4 is 5.97 Å². The maximum Gasteiger partial charge on any atom is 0.337 e. The van der Waals surface area contributed by atoms with Crippen molar-refractivity contribution in [3.8, 4) is 0 Å². The molecule has 0 spiro atoms. The van der Waals surface area contributed by atoms with Crippen LogP contribution in [-0.4, -0.2) is 16.2 Å². The van der Waals surface area contributed by atoms with Crippen LogP contribution in [0.2, 0.25) is 0 Å². The zero-order valence-electron chi connectivity index (χ0n) is 9.97. The highest BCUT2D eigenvalue weighted by atomic mass is 16.4. The summed E-state index contributed by atoms with van der Waals surface area (Å²) in [4.78, 5) is 10.9. The molecule has 0 amide bonds. The second-order valence-corrected chi connectivity index (χ2v) is 4.88. The van der Waals surface area contributed by atoms with Crippen LogP contribution < -0.4 is 0 Å². The summed E-state index contributed by atoms with van der Waals surface area (Å²) in [6, 6.07) is 7.37. The lowest BCUT2D eigenvalue weighted by atomic mass is 9.85. The summed E-state index contributed by atoms with van der Waals surface area (Å²) in [5.41, 5.74) is 1.56. The molecule has 0 heterocycles. The zero-order valence-corrected chi connectivity index (χ0v) is 9.97. The molecule has 3 heteroatoms. The number of benzene rings is 1. The maximum absolute atomic E-state index is 10.9. The van der Waals surface area contributed by atoms with Gasteiger partial charge in [0.1, 0.15) is 0 Å². The molecule has 1 aromatic carbocycles. The Morgan fingerprint density at radius 2 is 2.06 bits per heavy atom. The third kappa shape index (κ3) is 2.34. The Labute approximate surface area is 101 Å². The van der Waals surface area contributed by atoms with Crippen LogP contribution in [0.15, 0.2) is 24.3 Å². The lowest BCUT2D eigenvalue weighted by molar-refractivity contribution is -0.147. The second-order valence-electron chi connectivity index (χ2n) is 4.88. The summed E-state index contributed by atoms with van der Waals surface area (Å²) < 4.78 is 0. The predicted octanol–water partition coefficient (Wildman–Crippen LogP) is 2.71. The third-order valence-electron chi connectivity index (χ3n) is 3.79. The first-order valence-electron chi connectivity index (χ1n) is 6.11. The lowest BCUT2D eigenvalue weighted by Gasteiger charge is -2.20.